The molecule has 31 heavy (non-hydrogen) atoms. The minimum atomic E-state index is -0.385. The predicted molar refractivity (Wildman–Crippen MR) is 122 cm³/mol. The highest BCUT2D eigenvalue weighted by Crippen LogP contribution is 2.24. The molecule has 2 aromatic carbocycles. The van der Waals surface area contributed by atoms with Crippen molar-refractivity contribution in [3.63, 3.8) is 0 Å². The van der Waals surface area contributed by atoms with E-state index < -0.39 is 0 Å². The molecule has 0 fully saturated rings. The average Bonchev–Trinajstić information content (AvgIpc) is 3.03. The molecule has 0 unspecified atom stereocenters. The average molecular weight is 439 g/mol. The van der Waals surface area contributed by atoms with Crippen LogP contribution in [0.5, 0.6) is 0 Å². The van der Waals surface area contributed by atoms with Crippen molar-refractivity contribution in [3.05, 3.63) is 92.8 Å². The Hall–Kier alpha value is -3.05. The lowest BCUT2D eigenvalue weighted by atomic mass is 10.0. The van der Waals surface area contributed by atoms with E-state index in [9.17, 15) is 9.59 Å². The van der Waals surface area contributed by atoms with Crippen molar-refractivity contribution >= 4 is 23.5 Å². The smallest absolute Gasteiger partial charge is 0.355 e. The fraction of sp³-hybridized carbons (Fsp3) is 0.280. The summed E-state index contributed by atoms with van der Waals surface area (Å²) in [5.41, 5.74) is 5.55. The molecule has 0 saturated carbocycles. The molecule has 0 saturated heterocycles. The van der Waals surface area contributed by atoms with Crippen molar-refractivity contribution in [3.8, 4) is 0 Å². The molecule has 3 aromatic rings. The molecular weight excluding hydrogens is 412 g/mol. The SMILES string of the molecule is CCOC(=O)c1[nH]c(C)c(CN(Cc2ccc(Cl)cc2)C(=O)c2ccccc2C)c1C. The van der Waals surface area contributed by atoms with Gasteiger partial charge in [-0.2, -0.15) is 0 Å². The molecular formula is C25H27ClN2O3. The van der Waals surface area contributed by atoms with Crippen molar-refractivity contribution in [1.29, 1.82) is 0 Å². The standard InChI is InChI=1S/C25H27ClN2O3/c1-5-31-25(30)23-17(3)22(18(4)27-23)15-28(14-19-10-12-20(26)13-11-19)24(29)21-9-7-6-8-16(21)2/h6-13,27H,5,14-15H2,1-4H3. The normalized spacial score (nSPS) is 10.7. The number of nitrogens with zero attached hydrogens (tertiary/aromatic N) is 1. The maximum absolute atomic E-state index is 13.5. The number of ether oxygens (including phenoxy) is 1. The van der Waals surface area contributed by atoms with E-state index >= 15 is 0 Å². The van der Waals surface area contributed by atoms with E-state index in [1.54, 1.807) is 11.8 Å². The summed E-state index contributed by atoms with van der Waals surface area (Å²) in [5, 5.41) is 0.650. The van der Waals surface area contributed by atoms with Crippen LogP contribution in [0.4, 0.5) is 0 Å². The van der Waals surface area contributed by atoms with Crippen LogP contribution in [-0.2, 0) is 17.8 Å². The summed E-state index contributed by atoms with van der Waals surface area (Å²) in [5.74, 6) is -0.449. The van der Waals surface area contributed by atoms with Gasteiger partial charge in [-0.25, -0.2) is 4.79 Å². The zero-order valence-corrected chi connectivity index (χ0v) is 19.0. The number of aromatic amines is 1. The van der Waals surface area contributed by atoms with Gasteiger partial charge in [-0.05, 0) is 68.1 Å². The number of aryl methyl sites for hydroxylation is 2. The highest BCUT2D eigenvalue weighted by Gasteiger charge is 2.24. The van der Waals surface area contributed by atoms with E-state index in [2.05, 4.69) is 4.98 Å². The van der Waals surface area contributed by atoms with Gasteiger partial charge < -0.3 is 14.6 Å². The number of H-pyrrole nitrogens is 1. The number of hydrogen-bond donors (Lipinski definition) is 1. The number of nitrogens with one attached hydrogen (secondary N) is 1. The first-order valence-electron chi connectivity index (χ1n) is 10.3. The van der Waals surface area contributed by atoms with Crippen LogP contribution in [-0.4, -0.2) is 28.4 Å². The molecule has 0 aliphatic carbocycles. The van der Waals surface area contributed by atoms with Crippen molar-refractivity contribution < 1.29 is 14.3 Å². The largest absolute Gasteiger partial charge is 0.461 e. The third-order valence-electron chi connectivity index (χ3n) is 5.37. The number of halogens is 1. The van der Waals surface area contributed by atoms with Gasteiger partial charge in [0.1, 0.15) is 5.69 Å². The van der Waals surface area contributed by atoms with E-state index in [-0.39, 0.29) is 11.9 Å². The van der Waals surface area contributed by atoms with Gasteiger partial charge in [-0.3, -0.25) is 4.79 Å². The number of esters is 1. The maximum atomic E-state index is 13.5. The number of rotatable bonds is 7. The third kappa shape index (κ3) is 5.17. The number of benzene rings is 2. The molecule has 6 heteroatoms. The Morgan fingerprint density at radius 3 is 2.32 bits per heavy atom. The first-order valence-corrected chi connectivity index (χ1v) is 10.6. The molecule has 1 aromatic heterocycles. The van der Waals surface area contributed by atoms with Gasteiger partial charge in [-0.1, -0.05) is 41.9 Å². The molecule has 5 nitrogen and oxygen atoms in total. The highest BCUT2D eigenvalue weighted by molar-refractivity contribution is 6.30. The Morgan fingerprint density at radius 1 is 1.00 bits per heavy atom. The fourth-order valence-electron chi connectivity index (χ4n) is 3.62. The lowest BCUT2D eigenvalue weighted by Gasteiger charge is -2.24. The number of amides is 1. The molecule has 162 valence electrons. The molecule has 0 spiro atoms. The lowest BCUT2D eigenvalue weighted by molar-refractivity contribution is 0.0519. The monoisotopic (exact) mass is 438 g/mol. The molecule has 1 heterocycles. The Bertz CT molecular complexity index is 1090. The maximum Gasteiger partial charge on any atom is 0.355 e. The van der Waals surface area contributed by atoms with E-state index in [1.165, 1.54) is 0 Å². The number of hydrogen-bond acceptors (Lipinski definition) is 3. The first-order chi connectivity index (χ1) is 14.8. The summed E-state index contributed by atoms with van der Waals surface area (Å²) in [7, 11) is 0. The van der Waals surface area contributed by atoms with Crippen LogP contribution < -0.4 is 0 Å². The Kier molecular flexibility index (Phi) is 7.18. The van der Waals surface area contributed by atoms with Crippen molar-refractivity contribution in [2.75, 3.05) is 6.61 Å². The summed E-state index contributed by atoms with van der Waals surface area (Å²) in [4.78, 5) is 30.7. The molecule has 1 amide bonds. The Labute approximate surface area is 188 Å². The molecule has 0 aliphatic rings. The van der Waals surface area contributed by atoms with Gasteiger partial charge in [0.05, 0.1) is 6.61 Å². The van der Waals surface area contributed by atoms with Crippen LogP contribution in [0.3, 0.4) is 0 Å². The molecule has 0 atom stereocenters. The zero-order valence-electron chi connectivity index (χ0n) is 18.3. The molecule has 0 aliphatic heterocycles. The van der Waals surface area contributed by atoms with Crippen molar-refractivity contribution in [2.24, 2.45) is 0 Å². The first kappa shape index (κ1) is 22.6. The summed E-state index contributed by atoms with van der Waals surface area (Å²) in [6.07, 6.45) is 0. The summed E-state index contributed by atoms with van der Waals surface area (Å²) >= 11 is 6.03. The van der Waals surface area contributed by atoms with E-state index in [4.69, 9.17) is 16.3 Å². The second-order valence-electron chi connectivity index (χ2n) is 7.55. The molecule has 3 rings (SSSR count). The van der Waals surface area contributed by atoms with Gasteiger partial charge in [0.25, 0.3) is 5.91 Å². The minimum Gasteiger partial charge on any atom is -0.461 e. The van der Waals surface area contributed by atoms with Gasteiger partial charge in [0, 0.05) is 29.4 Å². The Morgan fingerprint density at radius 2 is 1.68 bits per heavy atom. The quantitative estimate of drug-likeness (QED) is 0.487. The predicted octanol–water partition coefficient (Wildman–Crippen LogP) is 5.61. The van der Waals surface area contributed by atoms with E-state index in [0.717, 1.165) is 27.9 Å². The summed E-state index contributed by atoms with van der Waals surface area (Å²) < 4.78 is 5.16. The summed E-state index contributed by atoms with van der Waals surface area (Å²) in [6, 6.07) is 15.0. The van der Waals surface area contributed by atoms with Gasteiger partial charge in [0.15, 0.2) is 0 Å². The lowest BCUT2D eigenvalue weighted by Crippen LogP contribution is -2.31. The van der Waals surface area contributed by atoms with Gasteiger partial charge >= 0.3 is 5.97 Å². The Balaban J connectivity index is 1.97. The minimum absolute atomic E-state index is 0.0641. The number of carbonyl (C=O) groups is 2. The van der Waals surface area contributed by atoms with Crippen LogP contribution in [0.25, 0.3) is 0 Å². The molecule has 0 bridgehead atoms. The van der Waals surface area contributed by atoms with Crippen molar-refractivity contribution in [1.82, 2.24) is 9.88 Å². The van der Waals surface area contributed by atoms with Gasteiger partial charge in [-0.15, -0.1) is 0 Å². The highest BCUT2D eigenvalue weighted by atomic mass is 35.5. The van der Waals surface area contributed by atoms with Crippen LogP contribution in [0.1, 0.15) is 55.7 Å². The molecule has 0 radical (unpaired) electrons. The second-order valence-corrected chi connectivity index (χ2v) is 7.99. The van der Waals surface area contributed by atoms with Crippen LogP contribution in [0.2, 0.25) is 5.02 Å². The third-order valence-corrected chi connectivity index (χ3v) is 5.62. The molecule has 1 N–H and O–H groups in total. The van der Waals surface area contributed by atoms with Crippen LogP contribution in [0, 0.1) is 20.8 Å². The van der Waals surface area contributed by atoms with Gasteiger partial charge in [0.2, 0.25) is 0 Å². The number of aromatic nitrogens is 1. The van der Waals surface area contributed by atoms with Crippen LogP contribution in [0.15, 0.2) is 48.5 Å². The topological polar surface area (TPSA) is 62.4 Å². The van der Waals surface area contributed by atoms with E-state index in [1.807, 2.05) is 69.3 Å². The van der Waals surface area contributed by atoms with Crippen molar-refractivity contribution in [2.45, 2.75) is 40.8 Å². The number of carbonyl (C=O) groups excluding carboxylic acids is 2. The zero-order chi connectivity index (χ0) is 22.5. The fourth-order valence-corrected chi connectivity index (χ4v) is 3.74. The van der Waals surface area contributed by atoms with Crippen LogP contribution >= 0.6 is 11.6 Å². The summed E-state index contributed by atoms with van der Waals surface area (Å²) in [6.45, 7) is 8.58. The second kappa shape index (κ2) is 9.84. The van der Waals surface area contributed by atoms with E-state index in [0.29, 0.717) is 36.0 Å².